The van der Waals surface area contributed by atoms with Gasteiger partial charge in [0.05, 0.1) is 12.5 Å². The number of aliphatic carboxylic acids is 2. The van der Waals surface area contributed by atoms with Crippen molar-refractivity contribution in [2.45, 2.75) is 75.5 Å². The van der Waals surface area contributed by atoms with E-state index in [1.54, 1.807) is 0 Å². The van der Waals surface area contributed by atoms with Gasteiger partial charge in [0.25, 0.3) is 0 Å². The first-order chi connectivity index (χ1) is 16.0. The molecule has 14 heteroatoms. The topological polar surface area (TPSA) is 248 Å². The predicted octanol–water partition coefficient (Wildman–Crippen LogP) is -2.77. The molecule has 1 rings (SSSR count). The minimum Gasteiger partial charge on any atom is -0.481 e. The van der Waals surface area contributed by atoms with Crippen LogP contribution in [-0.4, -0.2) is 87.9 Å². The number of nitrogens with one attached hydrogen (secondary N) is 2. The molecule has 10 N–H and O–H groups in total. The number of primary amides is 1. The maximum Gasteiger partial charge on any atom is 0.326 e. The van der Waals surface area contributed by atoms with Gasteiger partial charge in [0, 0.05) is 13.0 Å². The summed E-state index contributed by atoms with van der Waals surface area (Å²) >= 11 is 0. The lowest BCUT2D eigenvalue weighted by molar-refractivity contribution is -0.144. The van der Waals surface area contributed by atoms with Gasteiger partial charge >= 0.3 is 11.9 Å². The second-order valence-electron chi connectivity index (χ2n) is 8.14. The minimum atomic E-state index is -1.33. The first-order valence-corrected chi connectivity index (χ1v) is 11.1. The molecule has 192 valence electrons. The van der Waals surface area contributed by atoms with Crippen LogP contribution in [0.2, 0.25) is 0 Å². The SMILES string of the molecule is NCCCCC(NC(=O)C(CCC(N)=O)NC(=O)C1CCCN1C(=O)C(N)CC(=O)O)C(=O)O. The fraction of sp³-hybridized carbons (Fsp3) is 0.700. The Balaban J connectivity index is 2.92. The van der Waals surface area contributed by atoms with Gasteiger partial charge in [0.1, 0.15) is 18.1 Å². The molecule has 0 saturated carbocycles. The highest BCUT2D eigenvalue weighted by molar-refractivity contribution is 5.95. The number of rotatable bonds is 15. The van der Waals surface area contributed by atoms with E-state index in [1.807, 2.05) is 0 Å². The molecule has 14 nitrogen and oxygen atoms in total. The van der Waals surface area contributed by atoms with E-state index in [2.05, 4.69) is 10.6 Å². The zero-order chi connectivity index (χ0) is 25.8. The van der Waals surface area contributed by atoms with Crippen molar-refractivity contribution >= 4 is 35.6 Å². The molecule has 1 fully saturated rings. The largest absolute Gasteiger partial charge is 0.481 e. The molecule has 0 aromatic rings. The van der Waals surface area contributed by atoms with Gasteiger partial charge in [-0.15, -0.1) is 0 Å². The molecular weight excluding hydrogens is 452 g/mol. The van der Waals surface area contributed by atoms with E-state index < -0.39 is 66.2 Å². The molecule has 0 aliphatic carbocycles. The molecule has 1 saturated heterocycles. The summed E-state index contributed by atoms with van der Waals surface area (Å²) in [5.41, 5.74) is 16.2. The van der Waals surface area contributed by atoms with Crippen molar-refractivity contribution in [3.63, 3.8) is 0 Å². The maximum atomic E-state index is 12.9. The van der Waals surface area contributed by atoms with Gasteiger partial charge in [0.2, 0.25) is 23.6 Å². The molecule has 0 aromatic carbocycles. The van der Waals surface area contributed by atoms with Crippen LogP contribution in [0.15, 0.2) is 0 Å². The van der Waals surface area contributed by atoms with Crippen molar-refractivity contribution in [2.24, 2.45) is 17.2 Å². The number of unbranched alkanes of at least 4 members (excludes halogenated alkanes) is 1. The Hall–Kier alpha value is -3.26. The van der Waals surface area contributed by atoms with Crippen LogP contribution < -0.4 is 27.8 Å². The number of carboxylic acids is 2. The summed E-state index contributed by atoms with van der Waals surface area (Å²) in [7, 11) is 0. The zero-order valence-corrected chi connectivity index (χ0v) is 18.9. The molecule has 1 aliphatic heterocycles. The third-order valence-electron chi connectivity index (χ3n) is 5.42. The normalized spacial score (nSPS) is 17.9. The molecule has 4 amide bonds. The molecule has 0 radical (unpaired) electrons. The number of likely N-dealkylation sites (tertiary alicyclic amines) is 1. The molecule has 4 atom stereocenters. The van der Waals surface area contributed by atoms with Gasteiger partial charge in [-0.2, -0.15) is 0 Å². The van der Waals surface area contributed by atoms with E-state index in [0.717, 1.165) is 0 Å². The van der Waals surface area contributed by atoms with Crippen LogP contribution in [0, 0.1) is 0 Å². The number of carbonyl (C=O) groups is 6. The van der Waals surface area contributed by atoms with Gasteiger partial charge in [-0.25, -0.2) is 4.79 Å². The van der Waals surface area contributed by atoms with Crippen molar-refractivity contribution in [3.05, 3.63) is 0 Å². The van der Waals surface area contributed by atoms with Crippen molar-refractivity contribution in [1.29, 1.82) is 0 Å². The number of carboxylic acid groups (broad SMARTS) is 2. The van der Waals surface area contributed by atoms with Crippen LogP contribution in [0.4, 0.5) is 0 Å². The fourth-order valence-electron chi connectivity index (χ4n) is 3.64. The summed E-state index contributed by atoms with van der Waals surface area (Å²) in [6.45, 7) is 0.551. The second kappa shape index (κ2) is 14.1. The lowest BCUT2D eigenvalue weighted by atomic mass is 10.1. The van der Waals surface area contributed by atoms with E-state index >= 15 is 0 Å². The van der Waals surface area contributed by atoms with Crippen molar-refractivity contribution < 1.29 is 39.0 Å². The lowest BCUT2D eigenvalue weighted by Crippen LogP contribution is -2.56. The Labute approximate surface area is 196 Å². The fourth-order valence-corrected chi connectivity index (χ4v) is 3.64. The Morgan fingerprint density at radius 3 is 2.24 bits per heavy atom. The molecule has 1 aliphatic rings. The summed E-state index contributed by atoms with van der Waals surface area (Å²) in [5, 5.41) is 23.1. The van der Waals surface area contributed by atoms with Crippen molar-refractivity contribution in [1.82, 2.24) is 15.5 Å². The van der Waals surface area contributed by atoms with E-state index in [0.29, 0.717) is 25.8 Å². The van der Waals surface area contributed by atoms with Crippen molar-refractivity contribution in [2.75, 3.05) is 13.1 Å². The average molecular weight is 487 g/mol. The van der Waals surface area contributed by atoms with E-state index in [9.17, 15) is 33.9 Å². The zero-order valence-electron chi connectivity index (χ0n) is 18.9. The molecule has 0 spiro atoms. The number of amides is 4. The molecule has 0 bridgehead atoms. The predicted molar refractivity (Wildman–Crippen MR) is 118 cm³/mol. The number of nitrogens with two attached hydrogens (primary N) is 3. The van der Waals surface area contributed by atoms with Gasteiger partial charge in [-0.1, -0.05) is 0 Å². The van der Waals surface area contributed by atoms with Crippen LogP contribution >= 0.6 is 0 Å². The molecular formula is C20H34N6O8. The van der Waals surface area contributed by atoms with Crippen LogP contribution in [0.1, 0.15) is 51.4 Å². The molecule has 4 unspecified atom stereocenters. The molecule has 34 heavy (non-hydrogen) atoms. The Morgan fingerprint density at radius 2 is 1.68 bits per heavy atom. The van der Waals surface area contributed by atoms with Gasteiger partial charge in [0.15, 0.2) is 0 Å². The number of hydrogen-bond donors (Lipinski definition) is 7. The average Bonchev–Trinajstić information content (AvgIpc) is 3.24. The van der Waals surface area contributed by atoms with E-state index in [4.69, 9.17) is 22.3 Å². The summed E-state index contributed by atoms with van der Waals surface area (Å²) in [4.78, 5) is 72.9. The summed E-state index contributed by atoms with van der Waals surface area (Å²) in [6, 6.07) is -4.81. The van der Waals surface area contributed by atoms with E-state index in [-0.39, 0.29) is 32.2 Å². The summed E-state index contributed by atoms with van der Waals surface area (Å²) in [5.74, 6) is -5.46. The van der Waals surface area contributed by atoms with Crippen LogP contribution in [-0.2, 0) is 28.8 Å². The molecule has 1 heterocycles. The standard InChI is InChI=1S/C20H34N6O8/c21-8-2-1-4-13(20(33)34)25-17(30)12(6-7-15(23)27)24-18(31)14-5-3-9-26(14)19(32)11(22)10-16(28)29/h11-14H,1-10,21-22H2,(H2,23,27)(H,24,31)(H,25,30)(H,28,29)(H,33,34). The first kappa shape index (κ1) is 28.8. The second-order valence-corrected chi connectivity index (χ2v) is 8.14. The Bertz CT molecular complexity index is 776. The van der Waals surface area contributed by atoms with Crippen LogP contribution in [0.3, 0.4) is 0 Å². The third-order valence-corrected chi connectivity index (χ3v) is 5.42. The van der Waals surface area contributed by atoms with E-state index in [1.165, 1.54) is 4.90 Å². The number of hydrogen-bond acceptors (Lipinski definition) is 8. The summed E-state index contributed by atoms with van der Waals surface area (Å²) in [6.07, 6.45) is 0.845. The number of carbonyl (C=O) groups excluding carboxylic acids is 4. The van der Waals surface area contributed by atoms with Gasteiger partial charge in [-0.3, -0.25) is 24.0 Å². The Kier molecular flexibility index (Phi) is 11.9. The highest BCUT2D eigenvalue weighted by atomic mass is 16.4. The minimum absolute atomic E-state index is 0.126. The highest BCUT2D eigenvalue weighted by Gasteiger charge is 2.38. The summed E-state index contributed by atoms with van der Waals surface area (Å²) < 4.78 is 0. The highest BCUT2D eigenvalue weighted by Crippen LogP contribution is 2.19. The lowest BCUT2D eigenvalue weighted by Gasteiger charge is -2.28. The first-order valence-electron chi connectivity index (χ1n) is 11.1. The van der Waals surface area contributed by atoms with Gasteiger partial charge in [-0.05, 0) is 45.1 Å². The Morgan fingerprint density at radius 1 is 1.00 bits per heavy atom. The van der Waals surface area contributed by atoms with Gasteiger partial charge < -0.3 is 42.9 Å². The quantitative estimate of drug-likeness (QED) is 0.117. The maximum absolute atomic E-state index is 12.9. The van der Waals surface area contributed by atoms with Crippen LogP contribution in [0.5, 0.6) is 0 Å². The van der Waals surface area contributed by atoms with Crippen LogP contribution in [0.25, 0.3) is 0 Å². The van der Waals surface area contributed by atoms with Crippen molar-refractivity contribution in [3.8, 4) is 0 Å². The molecule has 0 aromatic heterocycles. The monoisotopic (exact) mass is 486 g/mol. The smallest absolute Gasteiger partial charge is 0.326 e. The third kappa shape index (κ3) is 9.31. The number of nitrogens with zero attached hydrogens (tertiary/aromatic N) is 1.